The molecule has 21 heavy (non-hydrogen) atoms. The van der Waals surface area contributed by atoms with Crippen LogP contribution in [0.15, 0.2) is 29.2 Å². The van der Waals surface area contributed by atoms with Crippen LogP contribution in [0.25, 0.3) is 0 Å². The summed E-state index contributed by atoms with van der Waals surface area (Å²) in [5.74, 6) is -0.373. The maximum Gasteiger partial charge on any atom is 0.324 e. The van der Waals surface area contributed by atoms with Gasteiger partial charge in [-0.2, -0.15) is 4.72 Å². The van der Waals surface area contributed by atoms with Crippen LogP contribution in [0.2, 0.25) is 0 Å². The van der Waals surface area contributed by atoms with E-state index in [0.29, 0.717) is 6.42 Å². The number of carbonyl (C=O) groups is 1. The Bertz CT molecular complexity index is 564. The number of benzene rings is 1. The Morgan fingerprint density at radius 3 is 2.29 bits per heavy atom. The van der Waals surface area contributed by atoms with Crippen molar-refractivity contribution in [1.82, 2.24) is 4.72 Å². The normalized spacial score (nSPS) is 13.2. The van der Waals surface area contributed by atoms with E-state index in [0.717, 1.165) is 5.56 Å². The Balaban J connectivity index is 2.95. The molecule has 0 saturated carbocycles. The van der Waals surface area contributed by atoms with Gasteiger partial charge >= 0.3 is 5.97 Å². The average molecular weight is 313 g/mol. The van der Waals surface area contributed by atoms with Gasteiger partial charge in [-0.15, -0.1) is 0 Å². The van der Waals surface area contributed by atoms with Crippen LogP contribution in [0.5, 0.6) is 0 Å². The molecule has 6 heteroatoms. The van der Waals surface area contributed by atoms with Crippen LogP contribution in [0.1, 0.15) is 32.8 Å². The van der Waals surface area contributed by atoms with Crippen LogP contribution in [0.4, 0.5) is 0 Å². The van der Waals surface area contributed by atoms with Crippen LogP contribution in [0, 0.1) is 12.8 Å². The van der Waals surface area contributed by atoms with Crippen molar-refractivity contribution in [3.05, 3.63) is 29.8 Å². The highest BCUT2D eigenvalue weighted by atomic mass is 32.2. The summed E-state index contributed by atoms with van der Waals surface area (Å²) in [5.41, 5.74) is 0.970. The zero-order valence-corrected chi connectivity index (χ0v) is 13.7. The van der Waals surface area contributed by atoms with Crippen LogP contribution in [0.3, 0.4) is 0 Å². The summed E-state index contributed by atoms with van der Waals surface area (Å²) in [4.78, 5) is 12.0. The van der Waals surface area contributed by atoms with E-state index in [-0.39, 0.29) is 17.4 Å². The van der Waals surface area contributed by atoms with Gasteiger partial charge in [-0.1, -0.05) is 31.5 Å². The quantitative estimate of drug-likeness (QED) is 0.784. The topological polar surface area (TPSA) is 72.5 Å². The Hall–Kier alpha value is -1.40. The second-order valence-electron chi connectivity index (χ2n) is 5.37. The van der Waals surface area contributed by atoms with Crippen molar-refractivity contribution in [2.45, 2.75) is 45.1 Å². The number of aryl methyl sites for hydroxylation is 1. The first kappa shape index (κ1) is 17.7. The maximum absolute atomic E-state index is 12.3. The number of carbonyl (C=O) groups excluding carboxylic acids is 1. The molecule has 1 aromatic rings. The predicted molar refractivity (Wildman–Crippen MR) is 81.4 cm³/mol. The molecule has 1 rings (SSSR count). The molecule has 0 radical (unpaired) electrons. The fourth-order valence-electron chi connectivity index (χ4n) is 1.88. The van der Waals surface area contributed by atoms with E-state index in [1.165, 1.54) is 12.1 Å². The number of sulfonamides is 1. The lowest BCUT2D eigenvalue weighted by Gasteiger charge is -2.19. The van der Waals surface area contributed by atoms with Crippen LogP contribution < -0.4 is 4.72 Å². The molecule has 1 N–H and O–H groups in total. The van der Waals surface area contributed by atoms with E-state index in [1.807, 2.05) is 20.8 Å². The van der Waals surface area contributed by atoms with Crippen LogP contribution >= 0.6 is 0 Å². The number of ether oxygens (including phenoxy) is 1. The minimum Gasteiger partial charge on any atom is -0.465 e. The first-order valence-electron chi connectivity index (χ1n) is 7.02. The fraction of sp³-hybridized carbons (Fsp3) is 0.533. The van der Waals surface area contributed by atoms with Gasteiger partial charge in [0.2, 0.25) is 10.0 Å². The van der Waals surface area contributed by atoms with Gasteiger partial charge in [0.25, 0.3) is 0 Å². The van der Waals surface area contributed by atoms with Crippen LogP contribution in [-0.4, -0.2) is 27.0 Å². The number of hydrogen-bond acceptors (Lipinski definition) is 4. The van der Waals surface area contributed by atoms with Gasteiger partial charge in [-0.05, 0) is 38.3 Å². The van der Waals surface area contributed by atoms with E-state index in [2.05, 4.69) is 4.72 Å². The van der Waals surface area contributed by atoms with E-state index in [9.17, 15) is 13.2 Å². The summed E-state index contributed by atoms with van der Waals surface area (Å²) in [6.45, 7) is 7.64. The summed E-state index contributed by atoms with van der Waals surface area (Å²) in [5, 5.41) is 0. The minimum atomic E-state index is -3.74. The average Bonchev–Trinajstić information content (AvgIpc) is 2.38. The first-order valence-corrected chi connectivity index (χ1v) is 8.50. The number of rotatable bonds is 7. The third kappa shape index (κ3) is 5.47. The Kier molecular flexibility index (Phi) is 6.36. The molecular weight excluding hydrogens is 290 g/mol. The van der Waals surface area contributed by atoms with E-state index < -0.39 is 22.0 Å². The van der Waals surface area contributed by atoms with E-state index >= 15 is 0 Å². The second-order valence-corrected chi connectivity index (χ2v) is 7.08. The Morgan fingerprint density at radius 2 is 1.81 bits per heavy atom. The van der Waals surface area contributed by atoms with Crippen molar-refractivity contribution in [1.29, 1.82) is 0 Å². The molecule has 0 aromatic heterocycles. The van der Waals surface area contributed by atoms with Gasteiger partial charge in [-0.3, -0.25) is 4.79 Å². The largest absolute Gasteiger partial charge is 0.465 e. The fourth-order valence-corrected chi connectivity index (χ4v) is 3.08. The third-order valence-corrected chi connectivity index (χ3v) is 4.39. The van der Waals surface area contributed by atoms with Crippen molar-refractivity contribution in [2.24, 2.45) is 5.92 Å². The smallest absolute Gasteiger partial charge is 0.324 e. The monoisotopic (exact) mass is 313 g/mol. The lowest BCUT2D eigenvalue weighted by atomic mass is 10.1. The van der Waals surface area contributed by atoms with E-state index in [1.54, 1.807) is 19.1 Å². The van der Waals surface area contributed by atoms with Crippen molar-refractivity contribution in [3.8, 4) is 0 Å². The molecule has 118 valence electrons. The highest BCUT2D eigenvalue weighted by Crippen LogP contribution is 2.14. The van der Waals surface area contributed by atoms with Crippen molar-refractivity contribution < 1.29 is 17.9 Å². The summed E-state index contributed by atoms with van der Waals surface area (Å²) in [7, 11) is -3.74. The standard InChI is InChI=1S/C15H23NO4S/c1-5-20-15(17)14(10-11(2)3)16-21(18,19)13-8-6-12(4)7-9-13/h6-9,11,14,16H,5,10H2,1-4H3/t14-/m0/s1. The molecule has 0 aliphatic carbocycles. The van der Waals surface area contributed by atoms with Crippen molar-refractivity contribution in [2.75, 3.05) is 6.61 Å². The molecule has 0 unspecified atom stereocenters. The van der Waals surface area contributed by atoms with Crippen molar-refractivity contribution >= 4 is 16.0 Å². The zero-order chi connectivity index (χ0) is 16.0. The lowest BCUT2D eigenvalue weighted by Crippen LogP contribution is -2.42. The molecule has 0 heterocycles. The molecule has 0 spiro atoms. The predicted octanol–water partition coefficient (Wildman–Crippen LogP) is 2.25. The zero-order valence-electron chi connectivity index (χ0n) is 12.9. The van der Waals surface area contributed by atoms with E-state index in [4.69, 9.17) is 4.74 Å². The Labute approximate surface area is 126 Å². The summed E-state index contributed by atoms with van der Waals surface area (Å²) in [6, 6.07) is 5.62. The molecule has 1 atom stereocenters. The maximum atomic E-state index is 12.3. The summed E-state index contributed by atoms with van der Waals surface area (Å²) >= 11 is 0. The first-order chi connectivity index (χ1) is 9.76. The number of esters is 1. The van der Waals surface area contributed by atoms with Gasteiger partial charge in [0, 0.05) is 0 Å². The molecule has 0 aliphatic heterocycles. The molecular formula is C15H23NO4S. The molecule has 0 saturated heterocycles. The summed E-state index contributed by atoms with van der Waals surface area (Å²) < 4.78 is 32.0. The van der Waals surface area contributed by atoms with Gasteiger partial charge in [0.1, 0.15) is 6.04 Å². The minimum absolute atomic E-state index is 0.145. The third-order valence-electron chi connectivity index (χ3n) is 2.91. The Morgan fingerprint density at radius 1 is 1.24 bits per heavy atom. The van der Waals surface area contributed by atoms with Crippen LogP contribution in [-0.2, 0) is 19.6 Å². The molecule has 0 aliphatic rings. The van der Waals surface area contributed by atoms with Gasteiger partial charge < -0.3 is 4.74 Å². The highest BCUT2D eigenvalue weighted by Gasteiger charge is 2.27. The molecule has 0 bridgehead atoms. The summed E-state index contributed by atoms with van der Waals surface area (Å²) in [6.07, 6.45) is 0.393. The highest BCUT2D eigenvalue weighted by molar-refractivity contribution is 7.89. The van der Waals surface area contributed by atoms with Gasteiger partial charge in [0.05, 0.1) is 11.5 Å². The molecule has 1 aromatic carbocycles. The van der Waals surface area contributed by atoms with Gasteiger partial charge in [-0.25, -0.2) is 8.42 Å². The SMILES string of the molecule is CCOC(=O)[C@H](CC(C)C)NS(=O)(=O)c1ccc(C)cc1. The molecule has 5 nitrogen and oxygen atoms in total. The van der Waals surface area contributed by atoms with Gasteiger partial charge in [0.15, 0.2) is 0 Å². The molecule has 0 amide bonds. The van der Waals surface area contributed by atoms with Crippen molar-refractivity contribution in [3.63, 3.8) is 0 Å². The molecule has 0 fully saturated rings. The second kappa shape index (κ2) is 7.56. The number of nitrogens with one attached hydrogen (secondary N) is 1. The number of hydrogen-bond donors (Lipinski definition) is 1. The lowest BCUT2D eigenvalue weighted by molar-refractivity contribution is -0.145.